The summed E-state index contributed by atoms with van der Waals surface area (Å²) in [5.41, 5.74) is 2.25. The molecule has 2 aromatic rings. The summed E-state index contributed by atoms with van der Waals surface area (Å²) in [5.74, 6) is -0.487. The molecular weight excluding hydrogens is 376 g/mol. The zero-order valence-corrected chi connectivity index (χ0v) is 16.0. The Morgan fingerprint density at radius 2 is 2.04 bits per heavy atom. The number of amides is 3. The van der Waals surface area contributed by atoms with Gasteiger partial charge in [-0.15, -0.1) is 0 Å². The highest BCUT2D eigenvalue weighted by atomic mass is 32.2. The predicted octanol–water partition coefficient (Wildman–Crippen LogP) is 4.22. The SMILES string of the molecule is O=C(C=Cc1coc2ccc(C=C3SC(=O)NC3=O)cc12)NC1CCCCC1. The van der Waals surface area contributed by atoms with Crippen LogP contribution < -0.4 is 10.6 Å². The van der Waals surface area contributed by atoms with Crippen molar-refractivity contribution in [2.24, 2.45) is 0 Å². The number of thioether (sulfide) groups is 1. The maximum absolute atomic E-state index is 12.2. The molecule has 0 unspecified atom stereocenters. The standard InChI is InChI=1S/C21H20N2O4S/c24-19(22-15-4-2-1-3-5-15)9-7-14-12-27-17-8-6-13(10-16(14)17)11-18-20(25)23-21(26)28-18/h6-12,15H,1-5H2,(H,22,24)(H,23,25,26). The fourth-order valence-corrected chi connectivity index (χ4v) is 4.20. The molecule has 0 atom stereocenters. The molecule has 1 saturated carbocycles. The molecule has 0 spiro atoms. The molecule has 2 N–H and O–H groups in total. The second kappa shape index (κ2) is 8.06. The molecule has 144 valence electrons. The van der Waals surface area contributed by atoms with E-state index in [1.807, 2.05) is 12.1 Å². The quantitative estimate of drug-likeness (QED) is 0.756. The summed E-state index contributed by atoms with van der Waals surface area (Å²) in [6, 6.07) is 5.77. The smallest absolute Gasteiger partial charge is 0.290 e. The van der Waals surface area contributed by atoms with E-state index in [1.165, 1.54) is 25.3 Å². The van der Waals surface area contributed by atoms with Gasteiger partial charge in [-0.25, -0.2) is 0 Å². The van der Waals surface area contributed by atoms with Gasteiger partial charge in [-0.1, -0.05) is 25.3 Å². The van der Waals surface area contributed by atoms with Gasteiger partial charge >= 0.3 is 0 Å². The van der Waals surface area contributed by atoms with Gasteiger partial charge in [0.25, 0.3) is 11.1 Å². The Balaban J connectivity index is 1.51. The van der Waals surface area contributed by atoms with Crippen LogP contribution in [0.5, 0.6) is 0 Å². The number of rotatable bonds is 4. The fourth-order valence-electron chi connectivity index (χ4n) is 3.52. The Morgan fingerprint density at radius 1 is 1.21 bits per heavy atom. The van der Waals surface area contributed by atoms with Crippen LogP contribution in [0, 0.1) is 0 Å². The van der Waals surface area contributed by atoms with Crippen molar-refractivity contribution in [3.63, 3.8) is 0 Å². The molecule has 1 aromatic heterocycles. The first-order valence-corrected chi connectivity index (χ1v) is 10.1. The van der Waals surface area contributed by atoms with Crippen molar-refractivity contribution in [2.45, 2.75) is 38.1 Å². The summed E-state index contributed by atoms with van der Waals surface area (Å²) in [5, 5.41) is 5.76. The molecule has 0 bridgehead atoms. The Labute approximate surface area is 166 Å². The van der Waals surface area contributed by atoms with Crippen LogP contribution in [0.3, 0.4) is 0 Å². The zero-order chi connectivity index (χ0) is 19.5. The van der Waals surface area contributed by atoms with Crippen LogP contribution in [0.25, 0.3) is 23.1 Å². The topological polar surface area (TPSA) is 88.4 Å². The number of furan rings is 1. The van der Waals surface area contributed by atoms with E-state index in [2.05, 4.69) is 10.6 Å². The highest BCUT2D eigenvalue weighted by Gasteiger charge is 2.25. The average Bonchev–Trinajstić information content (AvgIpc) is 3.23. The van der Waals surface area contributed by atoms with E-state index in [4.69, 9.17) is 4.42 Å². The Morgan fingerprint density at radius 3 is 2.79 bits per heavy atom. The molecule has 7 heteroatoms. The third-order valence-electron chi connectivity index (χ3n) is 4.93. The second-order valence-electron chi connectivity index (χ2n) is 6.98. The lowest BCUT2D eigenvalue weighted by atomic mass is 9.95. The van der Waals surface area contributed by atoms with Crippen LogP contribution in [-0.2, 0) is 9.59 Å². The van der Waals surface area contributed by atoms with Crippen molar-refractivity contribution in [1.82, 2.24) is 10.6 Å². The van der Waals surface area contributed by atoms with Gasteiger partial charge in [0.05, 0.1) is 11.2 Å². The fraction of sp³-hybridized carbons (Fsp3) is 0.286. The Hall–Kier alpha value is -2.80. The first kappa shape index (κ1) is 18.6. The van der Waals surface area contributed by atoms with E-state index >= 15 is 0 Å². The summed E-state index contributed by atoms with van der Waals surface area (Å²) < 4.78 is 5.55. The Kier molecular flexibility index (Phi) is 5.34. The normalized spacial score (nSPS) is 19.6. The van der Waals surface area contributed by atoms with Crippen molar-refractivity contribution in [1.29, 1.82) is 0 Å². The van der Waals surface area contributed by atoms with Crippen LogP contribution in [0.2, 0.25) is 0 Å². The van der Waals surface area contributed by atoms with Gasteiger partial charge in [0.1, 0.15) is 5.58 Å². The summed E-state index contributed by atoms with van der Waals surface area (Å²) in [6.45, 7) is 0. The van der Waals surface area contributed by atoms with Crippen LogP contribution in [0.15, 0.2) is 39.9 Å². The minimum Gasteiger partial charge on any atom is -0.464 e. The van der Waals surface area contributed by atoms with Crippen LogP contribution in [0.1, 0.15) is 43.2 Å². The molecule has 28 heavy (non-hydrogen) atoms. The first-order valence-electron chi connectivity index (χ1n) is 9.33. The van der Waals surface area contributed by atoms with Gasteiger partial charge < -0.3 is 9.73 Å². The van der Waals surface area contributed by atoms with Gasteiger partial charge in [0.2, 0.25) is 5.91 Å². The Bertz CT molecular complexity index is 999. The molecule has 0 radical (unpaired) electrons. The third kappa shape index (κ3) is 4.20. The molecule has 2 fully saturated rings. The number of imide groups is 1. The van der Waals surface area contributed by atoms with Crippen molar-refractivity contribution in [3.05, 3.63) is 46.6 Å². The molecule has 4 rings (SSSR count). The number of benzene rings is 1. The monoisotopic (exact) mass is 396 g/mol. The van der Waals surface area contributed by atoms with Crippen LogP contribution in [0.4, 0.5) is 4.79 Å². The lowest BCUT2D eigenvalue weighted by molar-refractivity contribution is -0.117. The minimum absolute atomic E-state index is 0.0999. The van der Waals surface area contributed by atoms with Gasteiger partial charge in [-0.3, -0.25) is 19.7 Å². The molecular formula is C21H20N2O4S. The number of carbonyl (C=O) groups is 3. The van der Waals surface area contributed by atoms with Gasteiger partial charge in [0.15, 0.2) is 0 Å². The van der Waals surface area contributed by atoms with Gasteiger partial charge in [0, 0.05) is 23.1 Å². The molecule has 2 aliphatic rings. The van der Waals surface area contributed by atoms with Crippen molar-refractivity contribution in [2.75, 3.05) is 0 Å². The van der Waals surface area contributed by atoms with Gasteiger partial charge in [-0.05, 0) is 54.5 Å². The van der Waals surface area contributed by atoms with Crippen molar-refractivity contribution in [3.8, 4) is 0 Å². The number of hydrogen-bond acceptors (Lipinski definition) is 5. The maximum atomic E-state index is 12.2. The largest absolute Gasteiger partial charge is 0.464 e. The van der Waals surface area contributed by atoms with Crippen molar-refractivity contribution >= 4 is 51.9 Å². The van der Waals surface area contributed by atoms with Crippen molar-refractivity contribution < 1.29 is 18.8 Å². The lowest BCUT2D eigenvalue weighted by Gasteiger charge is -2.21. The first-order chi connectivity index (χ1) is 13.6. The zero-order valence-electron chi connectivity index (χ0n) is 15.2. The van der Waals surface area contributed by atoms with Gasteiger partial charge in [-0.2, -0.15) is 0 Å². The minimum atomic E-state index is -0.387. The molecule has 1 aromatic carbocycles. The predicted molar refractivity (Wildman–Crippen MR) is 109 cm³/mol. The number of fused-ring (bicyclic) bond motifs is 1. The third-order valence-corrected chi connectivity index (χ3v) is 5.74. The van der Waals surface area contributed by atoms with E-state index in [-0.39, 0.29) is 23.1 Å². The number of nitrogens with one attached hydrogen (secondary N) is 2. The van der Waals surface area contributed by atoms with E-state index < -0.39 is 0 Å². The average molecular weight is 396 g/mol. The summed E-state index contributed by atoms with van der Waals surface area (Å²) in [6.07, 6.45) is 12.2. The molecule has 1 aliphatic heterocycles. The summed E-state index contributed by atoms with van der Waals surface area (Å²) >= 11 is 0.882. The highest BCUT2D eigenvalue weighted by molar-refractivity contribution is 8.18. The van der Waals surface area contributed by atoms with E-state index in [0.717, 1.165) is 41.1 Å². The summed E-state index contributed by atoms with van der Waals surface area (Å²) in [7, 11) is 0. The lowest BCUT2D eigenvalue weighted by Crippen LogP contribution is -2.34. The highest BCUT2D eigenvalue weighted by Crippen LogP contribution is 2.28. The molecule has 6 nitrogen and oxygen atoms in total. The molecule has 2 heterocycles. The van der Waals surface area contributed by atoms with E-state index in [1.54, 1.807) is 24.5 Å². The molecule has 1 aliphatic carbocycles. The van der Waals surface area contributed by atoms with E-state index in [9.17, 15) is 14.4 Å². The van der Waals surface area contributed by atoms with E-state index in [0.29, 0.717) is 10.5 Å². The second-order valence-corrected chi connectivity index (χ2v) is 7.99. The van der Waals surface area contributed by atoms with Crippen LogP contribution >= 0.6 is 11.8 Å². The molecule has 3 amide bonds. The maximum Gasteiger partial charge on any atom is 0.290 e. The van der Waals surface area contributed by atoms with Crippen LogP contribution in [-0.4, -0.2) is 23.1 Å². The summed E-state index contributed by atoms with van der Waals surface area (Å²) in [4.78, 5) is 35.6. The number of carbonyl (C=O) groups excluding carboxylic acids is 3. The molecule has 1 saturated heterocycles. The number of hydrogen-bond donors (Lipinski definition) is 2.